The van der Waals surface area contributed by atoms with Gasteiger partial charge in [-0.3, -0.25) is 0 Å². The summed E-state index contributed by atoms with van der Waals surface area (Å²) in [5, 5.41) is 4.75. The molecule has 0 amide bonds. The van der Waals surface area contributed by atoms with Crippen LogP contribution in [0, 0.1) is 0 Å². The molecule has 10 rings (SSSR count). The van der Waals surface area contributed by atoms with E-state index in [4.69, 9.17) is 9.40 Å². The maximum atomic E-state index is 6.50. The topological polar surface area (TPSA) is 29.3 Å². The third-order valence-electron chi connectivity index (χ3n) is 10.1. The van der Waals surface area contributed by atoms with Crippen LogP contribution in [-0.4, -0.2) is 4.98 Å². The Morgan fingerprint density at radius 2 is 1.27 bits per heavy atom. The summed E-state index contributed by atoms with van der Waals surface area (Å²) in [5.41, 5.74) is 11.3. The van der Waals surface area contributed by atoms with Crippen LogP contribution in [0.5, 0.6) is 0 Å². The molecular formula is C44H30N2OS. The van der Waals surface area contributed by atoms with Gasteiger partial charge in [0.2, 0.25) is 5.89 Å². The minimum absolute atomic E-state index is 0.0565. The third-order valence-corrected chi connectivity index (χ3v) is 11.2. The minimum Gasteiger partial charge on any atom is -0.435 e. The predicted molar refractivity (Wildman–Crippen MR) is 202 cm³/mol. The van der Waals surface area contributed by atoms with Crippen molar-refractivity contribution < 1.29 is 4.42 Å². The smallest absolute Gasteiger partial charge is 0.227 e. The van der Waals surface area contributed by atoms with Crippen molar-refractivity contribution in [2.24, 2.45) is 0 Å². The molecule has 0 radical (unpaired) electrons. The zero-order chi connectivity index (χ0) is 32.0. The van der Waals surface area contributed by atoms with Gasteiger partial charge in [-0.2, -0.15) is 0 Å². The van der Waals surface area contributed by atoms with Gasteiger partial charge in [-0.15, -0.1) is 11.3 Å². The fourth-order valence-electron chi connectivity index (χ4n) is 7.75. The van der Waals surface area contributed by atoms with Crippen molar-refractivity contribution in [2.75, 3.05) is 4.90 Å². The average Bonchev–Trinajstić information content (AvgIpc) is 3.80. The lowest BCUT2D eigenvalue weighted by molar-refractivity contribution is 0.623. The first kappa shape index (κ1) is 27.4. The minimum atomic E-state index is -0.0565. The second-order valence-electron chi connectivity index (χ2n) is 13.2. The molecule has 0 fully saturated rings. The van der Waals surface area contributed by atoms with E-state index in [1.807, 2.05) is 41.7 Å². The molecule has 0 N–H and O–H groups in total. The summed E-state index contributed by atoms with van der Waals surface area (Å²) in [4.78, 5) is 7.29. The van der Waals surface area contributed by atoms with E-state index in [0.717, 1.165) is 44.5 Å². The van der Waals surface area contributed by atoms with Crippen LogP contribution in [-0.2, 0) is 5.41 Å². The van der Waals surface area contributed by atoms with Gasteiger partial charge >= 0.3 is 0 Å². The summed E-state index contributed by atoms with van der Waals surface area (Å²) in [6, 6.07) is 52.4. The third kappa shape index (κ3) is 3.96. The lowest BCUT2D eigenvalue weighted by atomic mass is 9.82. The lowest BCUT2D eigenvalue weighted by Crippen LogP contribution is -2.15. The van der Waals surface area contributed by atoms with Crippen molar-refractivity contribution in [1.82, 2.24) is 4.98 Å². The van der Waals surface area contributed by atoms with Gasteiger partial charge in [0.05, 0.1) is 5.69 Å². The van der Waals surface area contributed by atoms with Crippen LogP contribution in [0.15, 0.2) is 150 Å². The number of aromatic nitrogens is 1. The maximum absolute atomic E-state index is 6.50. The van der Waals surface area contributed by atoms with E-state index in [-0.39, 0.29) is 5.41 Å². The molecule has 1 aliphatic carbocycles. The first-order chi connectivity index (χ1) is 23.5. The Labute approximate surface area is 282 Å². The number of benzene rings is 7. The molecular weight excluding hydrogens is 605 g/mol. The van der Waals surface area contributed by atoms with Gasteiger partial charge in [-0.05, 0) is 82.9 Å². The standard InChI is InChI=1S/C44H30N2OS/c1-44(2)36-16-8-6-13-30(36)35-25-28(20-23-37(35)44)46(29-19-21-33-32-14-7-9-18-40(32)48-41(33)26-29)39-17-10-15-34-31(39)22-24-38-42(34)47-43(45-38)27-11-4-3-5-12-27/h3-26H,1-2H3. The number of hydrogen-bond acceptors (Lipinski definition) is 4. The zero-order valence-electron chi connectivity index (χ0n) is 26.6. The van der Waals surface area contributed by atoms with E-state index in [0.29, 0.717) is 5.89 Å². The Bertz CT molecular complexity index is 2720. The van der Waals surface area contributed by atoms with Gasteiger partial charge in [0.1, 0.15) is 5.52 Å². The molecule has 2 heterocycles. The molecule has 9 aromatic rings. The summed E-state index contributed by atoms with van der Waals surface area (Å²) >= 11 is 1.85. The molecule has 0 saturated heterocycles. The van der Waals surface area contributed by atoms with Crippen LogP contribution >= 0.6 is 11.3 Å². The molecule has 228 valence electrons. The van der Waals surface area contributed by atoms with E-state index in [9.17, 15) is 0 Å². The van der Waals surface area contributed by atoms with Crippen LogP contribution in [0.25, 0.3) is 64.6 Å². The largest absolute Gasteiger partial charge is 0.435 e. The quantitative estimate of drug-likeness (QED) is 0.193. The van der Waals surface area contributed by atoms with Crippen LogP contribution in [0.1, 0.15) is 25.0 Å². The summed E-state index contributed by atoms with van der Waals surface area (Å²) in [6.07, 6.45) is 0. The van der Waals surface area contributed by atoms with Gasteiger partial charge in [-0.25, -0.2) is 4.98 Å². The van der Waals surface area contributed by atoms with Gasteiger partial charge in [0.25, 0.3) is 0 Å². The first-order valence-electron chi connectivity index (χ1n) is 16.4. The van der Waals surface area contributed by atoms with E-state index >= 15 is 0 Å². The van der Waals surface area contributed by atoms with Gasteiger partial charge in [0, 0.05) is 53.3 Å². The molecule has 48 heavy (non-hydrogen) atoms. The highest BCUT2D eigenvalue weighted by Crippen LogP contribution is 2.51. The number of anilines is 3. The van der Waals surface area contributed by atoms with E-state index in [1.165, 1.54) is 42.4 Å². The molecule has 0 bridgehead atoms. The zero-order valence-corrected chi connectivity index (χ0v) is 27.4. The number of fused-ring (bicyclic) bond motifs is 9. The number of oxazole rings is 1. The van der Waals surface area contributed by atoms with E-state index in [1.54, 1.807) is 0 Å². The molecule has 4 heteroatoms. The molecule has 0 unspecified atom stereocenters. The highest BCUT2D eigenvalue weighted by molar-refractivity contribution is 7.25. The van der Waals surface area contributed by atoms with E-state index in [2.05, 4.69) is 134 Å². The summed E-state index contributed by atoms with van der Waals surface area (Å²) in [5.74, 6) is 0.635. The summed E-state index contributed by atoms with van der Waals surface area (Å²) in [6.45, 7) is 4.67. The second-order valence-corrected chi connectivity index (χ2v) is 14.3. The molecule has 3 nitrogen and oxygen atoms in total. The van der Waals surface area contributed by atoms with Gasteiger partial charge in [0.15, 0.2) is 5.58 Å². The second kappa shape index (κ2) is 10.1. The molecule has 0 spiro atoms. The van der Waals surface area contributed by atoms with Crippen LogP contribution in [0.2, 0.25) is 0 Å². The highest BCUT2D eigenvalue weighted by atomic mass is 32.1. The fourth-order valence-corrected chi connectivity index (χ4v) is 8.89. The number of nitrogens with zero attached hydrogens (tertiary/aromatic N) is 2. The summed E-state index contributed by atoms with van der Waals surface area (Å²) < 4.78 is 9.08. The van der Waals surface area contributed by atoms with Gasteiger partial charge in [-0.1, -0.05) is 98.8 Å². The molecule has 7 aromatic carbocycles. The van der Waals surface area contributed by atoms with Crippen LogP contribution < -0.4 is 4.90 Å². The Morgan fingerprint density at radius 1 is 0.562 bits per heavy atom. The van der Waals surface area contributed by atoms with Crippen molar-refractivity contribution in [1.29, 1.82) is 0 Å². The number of hydrogen-bond donors (Lipinski definition) is 0. The fraction of sp³-hybridized carbons (Fsp3) is 0.0682. The monoisotopic (exact) mass is 634 g/mol. The molecule has 2 aromatic heterocycles. The Morgan fingerprint density at radius 3 is 2.19 bits per heavy atom. The lowest BCUT2D eigenvalue weighted by Gasteiger charge is -2.28. The van der Waals surface area contributed by atoms with Crippen molar-refractivity contribution >= 4 is 70.4 Å². The first-order valence-corrected chi connectivity index (χ1v) is 17.2. The highest BCUT2D eigenvalue weighted by Gasteiger charge is 2.35. The Kier molecular flexibility index (Phi) is 5.79. The summed E-state index contributed by atoms with van der Waals surface area (Å²) in [7, 11) is 0. The van der Waals surface area contributed by atoms with Crippen molar-refractivity contribution in [3.05, 3.63) is 157 Å². The van der Waals surface area contributed by atoms with Crippen molar-refractivity contribution in [3.8, 4) is 22.6 Å². The van der Waals surface area contributed by atoms with E-state index < -0.39 is 0 Å². The predicted octanol–water partition coefficient (Wildman–Crippen LogP) is 12.8. The van der Waals surface area contributed by atoms with Crippen molar-refractivity contribution in [2.45, 2.75) is 19.3 Å². The number of rotatable bonds is 4. The number of thiophene rings is 1. The van der Waals surface area contributed by atoms with Crippen LogP contribution in [0.4, 0.5) is 17.1 Å². The molecule has 0 atom stereocenters. The Hall–Kier alpha value is -5.71. The Balaban J connectivity index is 1.22. The van der Waals surface area contributed by atoms with Crippen molar-refractivity contribution in [3.63, 3.8) is 0 Å². The molecule has 0 aliphatic heterocycles. The van der Waals surface area contributed by atoms with Gasteiger partial charge < -0.3 is 9.32 Å². The SMILES string of the molecule is CC1(C)c2ccccc2-c2cc(N(c3ccc4c(c3)sc3ccccc34)c3cccc4c3ccc3nc(-c5ccccc5)oc34)ccc21. The van der Waals surface area contributed by atoms with Crippen LogP contribution in [0.3, 0.4) is 0 Å². The maximum Gasteiger partial charge on any atom is 0.227 e. The molecule has 1 aliphatic rings. The molecule has 0 saturated carbocycles. The average molecular weight is 635 g/mol. The normalized spacial score (nSPS) is 13.4.